The van der Waals surface area contributed by atoms with Gasteiger partial charge in [0.25, 0.3) is 0 Å². The molecule has 0 aromatic heterocycles. The number of amides is 4. The normalized spacial score (nSPS) is 22.6. The molecule has 0 aromatic rings. The van der Waals surface area contributed by atoms with E-state index in [4.69, 9.17) is 12.2 Å². The molecule has 2 fully saturated rings. The second kappa shape index (κ2) is 4.76. The zero-order chi connectivity index (χ0) is 14.2. The zero-order valence-electron chi connectivity index (χ0n) is 10.9. The molecule has 0 aliphatic carbocycles. The predicted octanol–water partition coefficient (Wildman–Crippen LogP) is -0.719. The minimum atomic E-state index is -1.28. The van der Waals surface area contributed by atoms with Crippen LogP contribution in [0, 0.1) is 5.41 Å². The highest BCUT2D eigenvalue weighted by atomic mass is 32.1. The van der Waals surface area contributed by atoms with Gasteiger partial charge in [0, 0.05) is 26.2 Å². The van der Waals surface area contributed by atoms with Crippen LogP contribution in [0.25, 0.3) is 0 Å². The van der Waals surface area contributed by atoms with Gasteiger partial charge in [0.2, 0.25) is 11.8 Å². The number of nitrogens with zero attached hydrogens (tertiary/aromatic N) is 2. The third kappa shape index (κ3) is 2.05. The van der Waals surface area contributed by atoms with Gasteiger partial charge in [-0.1, -0.05) is 0 Å². The van der Waals surface area contributed by atoms with Gasteiger partial charge in [-0.15, -0.1) is 0 Å². The Bertz CT molecular complexity index is 427. The quantitative estimate of drug-likeness (QED) is 0.518. The average molecular weight is 284 g/mol. The monoisotopic (exact) mass is 284 g/mol. The van der Waals surface area contributed by atoms with E-state index in [9.17, 15) is 14.4 Å². The molecular formula is C11H16N4O3S. The third-order valence-electron chi connectivity index (χ3n) is 3.55. The van der Waals surface area contributed by atoms with Crippen molar-refractivity contribution in [1.29, 1.82) is 0 Å². The molecule has 2 heterocycles. The van der Waals surface area contributed by atoms with E-state index < -0.39 is 17.2 Å². The molecule has 0 saturated carbocycles. The van der Waals surface area contributed by atoms with Crippen LogP contribution >= 0.6 is 12.2 Å². The summed E-state index contributed by atoms with van der Waals surface area (Å²) < 4.78 is 0. The largest absolute Gasteiger partial charge is 0.323 e. The van der Waals surface area contributed by atoms with E-state index in [2.05, 4.69) is 10.6 Å². The minimum absolute atomic E-state index is 0.0172. The van der Waals surface area contributed by atoms with Crippen LogP contribution in [-0.2, 0) is 9.59 Å². The number of carbonyl (C=O) groups is 3. The van der Waals surface area contributed by atoms with E-state index in [0.29, 0.717) is 13.1 Å². The lowest BCUT2D eigenvalue weighted by Gasteiger charge is -2.46. The summed E-state index contributed by atoms with van der Waals surface area (Å²) in [7, 11) is 0. The van der Waals surface area contributed by atoms with Gasteiger partial charge in [-0.25, -0.2) is 4.79 Å². The molecule has 4 amide bonds. The number of thiocarbonyl (C=S) groups is 1. The van der Waals surface area contributed by atoms with Crippen LogP contribution in [0.3, 0.4) is 0 Å². The van der Waals surface area contributed by atoms with E-state index in [1.165, 1.54) is 9.80 Å². The molecule has 2 aliphatic heterocycles. The van der Waals surface area contributed by atoms with Crippen molar-refractivity contribution in [2.45, 2.75) is 13.8 Å². The van der Waals surface area contributed by atoms with Crippen molar-refractivity contribution in [1.82, 2.24) is 20.4 Å². The summed E-state index contributed by atoms with van der Waals surface area (Å²) in [5, 5.41) is 4.96. The third-order valence-corrected chi connectivity index (χ3v) is 3.75. The smallest absolute Gasteiger partial charge is 0.320 e. The van der Waals surface area contributed by atoms with Crippen LogP contribution in [-0.4, -0.2) is 58.9 Å². The maximum Gasteiger partial charge on any atom is 0.320 e. The van der Waals surface area contributed by atoms with Gasteiger partial charge in [0.05, 0.1) is 0 Å². The first-order valence-corrected chi connectivity index (χ1v) is 6.56. The first kappa shape index (κ1) is 13.7. The van der Waals surface area contributed by atoms with Gasteiger partial charge in [-0.2, -0.15) is 0 Å². The molecule has 2 aliphatic rings. The van der Waals surface area contributed by atoms with Crippen LogP contribution in [0.2, 0.25) is 0 Å². The summed E-state index contributed by atoms with van der Waals surface area (Å²) in [6, 6.07) is -0.149. The highest BCUT2D eigenvalue weighted by molar-refractivity contribution is 7.80. The van der Waals surface area contributed by atoms with Gasteiger partial charge in [0.15, 0.2) is 10.5 Å². The molecule has 8 heteroatoms. The summed E-state index contributed by atoms with van der Waals surface area (Å²) in [6.07, 6.45) is 0. The Labute approximate surface area is 116 Å². The lowest BCUT2D eigenvalue weighted by molar-refractivity contribution is -0.147. The number of carbonyl (C=O) groups excluding carboxylic acids is 3. The summed E-state index contributed by atoms with van der Waals surface area (Å²) in [5.41, 5.74) is -1.28. The van der Waals surface area contributed by atoms with Crippen molar-refractivity contribution in [2.75, 3.05) is 26.2 Å². The van der Waals surface area contributed by atoms with Crippen molar-refractivity contribution in [3.8, 4) is 0 Å². The van der Waals surface area contributed by atoms with E-state index in [1.54, 1.807) is 0 Å². The second-order valence-electron chi connectivity index (χ2n) is 4.63. The fourth-order valence-corrected chi connectivity index (χ4v) is 2.58. The fourth-order valence-electron chi connectivity index (χ4n) is 2.40. The number of nitrogens with one attached hydrogen (secondary N) is 2. The topological polar surface area (TPSA) is 81.8 Å². The lowest BCUT2D eigenvalue weighted by Crippen LogP contribution is -2.72. The van der Waals surface area contributed by atoms with Crippen LogP contribution in [0.4, 0.5) is 4.79 Å². The molecule has 104 valence electrons. The molecule has 0 bridgehead atoms. The summed E-state index contributed by atoms with van der Waals surface area (Å²) in [6.45, 7) is 4.68. The Kier molecular flexibility index (Phi) is 3.44. The molecule has 2 N–H and O–H groups in total. The first-order valence-electron chi connectivity index (χ1n) is 6.15. The highest BCUT2D eigenvalue weighted by Gasteiger charge is 2.55. The second-order valence-corrected chi connectivity index (χ2v) is 5.04. The van der Waals surface area contributed by atoms with Gasteiger partial charge >= 0.3 is 6.03 Å². The van der Waals surface area contributed by atoms with Crippen molar-refractivity contribution in [2.24, 2.45) is 5.41 Å². The molecular weight excluding hydrogens is 268 g/mol. The predicted molar refractivity (Wildman–Crippen MR) is 71.2 cm³/mol. The molecule has 7 nitrogen and oxygen atoms in total. The van der Waals surface area contributed by atoms with E-state index in [1.807, 2.05) is 13.8 Å². The molecule has 2 saturated heterocycles. The highest BCUT2D eigenvalue weighted by Crippen LogP contribution is 2.29. The van der Waals surface area contributed by atoms with Gasteiger partial charge in [-0.3, -0.25) is 9.59 Å². The van der Waals surface area contributed by atoms with Crippen molar-refractivity contribution in [3.05, 3.63) is 0 Å². The van der Waals surface area contributed by atoms with Crippen LogP contribution in [0.1, 0.15) is 13.8 Å². The molecule has 2 rings (SSSR count). The number of hydrogen-bond acceptors (Lipinski definition) is 4. The molecule has 1 spiro atoms. The van der Waals surface area contributed by atoms with Gasteiger partial charge in [0.1, 0.15) is 0 Å². The van der Waals surface area contributed by atoms with Gasteiger partial charge < -0.3 is 20.4 Å². The standard InChI is InChI=1S/C11H16N4O3S/c1-3-14-5-11(6-15(4-2)10(14)18)7(16)12-9(19)13-8(11)17/h3-6H2,1-2H3,(H2,12,13,16,17,19). The molecule has 0 radical (unpaired) electrons. The molecule has 19 heavy (non-hydrogen) atoms. The lowest BCUT2D eigenvalue weighted by atomic mass is 9.81. The van der Waals surface area contributed by atoms with Crippen molar-refractivity contribution in [3.63, 3.8) is 0 Å². The maximum absolute atomic E-state index is 12.2. The Morgan fingerprint density at radius 1 is 1.05 bits per heavy atom. The van der Waals surface area contributed by atoms with E-state index >= 15 is 0 Å². The van der Waals surface area contributed by atoms with Crippen molar-refractivity contribution < 1.29 is 14.4 Å². The fraction of sp³-hybridized carbons (Fsp3) is 0.636. The van der Waals surface area contributed by atoms with Crippen LogP contribution in [0.5, 0.6) is 0 Å². The Morgan fingerprint density at radius 3 is 1.84 bits per heavy atom. The summed E-state index contributed by atoms with van der Waals surface area (Å²) in [4.78, 5) is 39.4. The van der Waals surface area contributed by atoms with E-state index in [-0.39, 0.29) is 24.2 Å². The maximum atomic E-state index is 12.2. The number of rotatable bonds is 2. The molecule has 0 atom stereocenters. The van der Waals surface area contributed by atoms with Gasteiger partial charge in [-0.05, 0) is 26.1 Å². The number of urea groups is 1. The minimum Gasteiger partial charge on any atom is -0.323 e. The molecule has 0 aromatic carbocycles. The van der Waals surface area contributed by atoms with Crippen molar-refractivity contribution >= 4 is 35.2 Å². The SMILES string of the molecule is CCN1CC2(CN(CC)C1=O)C(=O)NC(=S)NC2=O. The Hall–Kier alpha value is -1.70. The average Bonchev–Trinajstić information content (AvgIpc) is 2.37. The first-order chi connectivity index (χ1) is 8.94. The summed E-state index contributed by atoms with van der Waals surface area (Å²) >= 11 is 4.79. The zero-order valence-corrected chi connectivity index (χ0v) is 11.7. The Morgan fingerprint density at radius 2 is 1.47 bits per heavy atom. The number of hydrogen-bond donors (Lipinski definition) is 2. The molecule has 0 unspecified atom stereocenters. The van der Waals surface area contributed by atoms with Crippen LogP contribution < -0.4 is 10.6 Å². The Balaban J connectivity index is 2.36. The van der Waals surface area contributed by atoms with E-state index in [0.717, 1.165) is 0 Å². The van der Waals surface area contributed by atoms with Crippen LogP contribution in [0.15, 0.2) is 0 Å². The summed E-state index contributed by atoms with van der Waals surface area (Å²) in [5.74, 6) is -0.878.